The van der Waals surface area contributed by atoms with Gasteiger partial charge in [0.2, 0.25) is 5.91 Å². The first kappa shape index (κ1) is 12.9. The van der Waals surface area contributed by atoms with Gasteiger partial charge < -0.3 is 10.0 Å². The molecule has 2 aliphatic carbocycles. The first-order chi connectivity index (χ1) is 10.0. The van der Waals surface area contributed by atoms with E-state index in [9.17, 15) is 9.90 Å². The van der Waals surface area contributed by atoms with Crippen molar-refractivity contribution in [2.24, 2.45) is 5.41 Å². The molecule has 1 aliphatic heterocycles. The number of benzene rings is 1. The SMILES string of the molecule is C[C@@H]1CC2=CC[C@@H]3C[C@]2(Cc2cc(O)ccc23)C(=O)N1C. The highest BCUT2D eigenvalue weighted by molar-refractivity contribution is 5.88. The molecule has 3 nitrogen and oxygen atoms in total. The second-order valence-corrected chi connectivity index (χ2v) is 6.98. The quantitative estimate of drug-likeness (QED) is 0.744. The third-order valence-electron chi connectivity index (χ3n) is 5.82. The maximum Gasteiger partial charge on any atom is 0.233 e. The summed E-state index contributed by atoms with van der Waals surface area (Å²) in [6, 6.07) is 5.96. The van der Waals surface area contributed by atoms with E-state index in [0.717, 1.165) is 31.2 Å². The number of amides is 1. The van der Waals surface area contributed by atoms with Gasteiger partial charge in [0, 0.05) is 13.1 Å². The maximum atomic E-state index is 13.0. The van der Waals surface area contributed by atoms with Gasteiger partial charge in [-0.1, -0.05) is 17.7 Å². The molecule has 1 aromatic rings. The lowest BCUT2D eigenvalue weighted by atomic mass is 9.57. The summed E-state index contributed by atoms with van der Waals surface area (Å²) in [5, 5.41) is 9.80. The van der Waals surface area contributed by atoms with Crippen LogP contribution in [0, 0.1) is 5.41 Å². The largest absolute Gasteiger partial charge is 0.508 e. The van der Waals surface area contributed by atoms with Gasteiger partial charge in [0.25, 0.3) is 0 Å². The van der Waals surface area contributed by atoms with Gasteiger partial charge in [-0.25, -0.2) is 0 Å². The molecule has 21 heavy (non-hydrogen) atoms. The molecule has 0 radical (unpaired) electrons. The standard InChI is InChI=1S/C18H21NO2/c1-11-7-14-4-3-12-9-18(14,17(21)19(11)2)10-13-8-15(20)5-6-16(12)13/h4-6,8,11-12,20H,3,7,9-10H2,1-2H3/t11-,12-,18-/m1/s1. The summed E-state index contributed by atoms with van der Waals surface area (Å²) in [5.74, 6) is 0.996. The molecule has 2 bridgehead atoms. The van der Waals surface area contributed by atoms with E-state index >= 15 is 0 Å². The lowest BCUT2D eigenvalue weighted by molar-refractivity contribution is -0.144. The third-order valence-corrected chi connectivity index (χ3v) is 5.82. The number of allylic oxidation sites excluding steroid dienone is 1. The third kappa shape index (κ3) is 1.63. The lowest BCUT2D eigenvalue weighted by Crippen LogP contribution is -2.55. The Labute approximate surface area is 125 Å². The zero-order valence-corrected chi connectivity index (χ0v) is 12.6. The van der Waals surface area contributed by atoms with Crippen LogP contribution in [0.3, 0.4) is 0 Å². The van der Waals surface area contributed by atoms with Gasteiger partial charge in [0.05, 0.1) is 5.41 Å². The average Bonchev–Trinajstić information content (AvgIpc) is 2.46. The van der Waals surface area contributed by atoms with Crippen molar-refractivity contribution >= 4 is 5.91 Å². The molecule has 1 spiro atoms. The van der Waals surface area contributed by atoms with E-state index in [1.54, 1.807) is 6.07 Å². The van der Waals surface area contributed by atoms with Gasteiger partial charge in [-0.3, -0.25) is 4.79 Å². The number of phenols is 1. The molecule has 4 rings (SSSR count). The highest BCUT2D eigenvalue weighted by Gasteiger charge is 2.53. The van der Waals surface area contributed by atoms with Crippen LogP contribution >= 0.6 is 0 Å². The van der Waals surface area contributed by atoms with Crippen molar-refractivity contribution in [3.8, 4) is 5.75 Å². The summed E-state index contributed by atoms with van der Waals surface area (Å²) in [5.41, 5.74) is 3.48. The monoisotopic (exact) mass is 283 g/mol. The topological polar surface area (TPSA) is 40.5 Å². The highest BCUT2D eigenvalue weighted by atomic mass is 16.3. The van der Waals surface area contributed by atoms with Crippen molar-refractivity contribution < 1.29 is 9.90 Å². The molecule has 1 fully saturated rings. The smallest absolute Gasteiger partial charge is 0.233 e. The number of aromatic hydroxyl groups is 1. The van der Waals surface area contributed by atoms with Crippen molar-refractivity contribution in [1.82, 2.24) is 4.90 Å². The Bertz CT molecular complexity index is 663. The minimum atomic E-state index is -0.342. The number of nitrogens with zero attached hydrogens (tertiary/aromatic N) is 1. The molecule has 1 saturated heterocycles. The van der Waals surface area contributed by atoms with Gasteiger partial charge >= 0.3 is 0 Å². The molecule has 0 unspecified atom stereocenters. The Kier molecular flexibility index (Phi) is 2.54. The van der Waals surface area contributed by atoms with Crippen LogP contribution in [0.1, 0.15) is 43.2 Å². The summed E-state index contributed by atoms with van der Waals surface area (Å²) in [7, 11) is 1.93. The highest BCUT2D eigenvalue weighted by Crippen LogP contribution is 2.55. The van der Waals surface area contributed by atoms with Crippen molar-refractivity contribution in [1.29, 1.82) is 0 Å². The number of hydrogen-bond donors (Lipinski definition) is 1. The Morgan fingerprint density at radius 3 is 3.00 bits per heavy atom. The molecule has 0 aromatic heterocycles. The molecule has 110 valence electrons. The molecule has 1 heterocycles. The zero-order valence-electron chi connectivity index (χ0n) is 12.6. The Hall–Kier alpha value is -1.77. The van der Waals surface area contributed by atoms with E-state index in [2.05, 4.69) is 13.0 Å². The summed E-state index contributed by atoms with van der Waals surface area (Å²) in [6.07, 6.45) is 6.02. The van der Waals surface area contributed by atoms with E-state index in [4.69, 9.17) is 0 Å². The van der Waals surface area contributed by atoms with E-state index < -0.39 is 0 Å². The van der Waals surface area contributed by atoms with Crippen molar-refractivity contribution in [2.75, 3.05) is 7.05 Å². The Balaban J connectivity index is 1.86. The predicted molar refractivity (Wildman–Crippen MR) is 81.2 cm³/mol. The van der Waals surface area contributed by atoms with E-state index in [1.807, 2.05) is 24.1 Å². The summed E-state index contributed by atoms with van der Waals surface area (Å²) in [4.78, 5) is 14.9. The second kappa shape index (κ2) is 4.12. The number of carbonyl (C=O) groups excluding carboxylic acids is 1. The number of phenolic OH excluding ortho intramolecular Hbond substituents is 1. The first-order valence-corrected chi connectivity index (χ1v) is 7.80. The molecule has 3 atom stereocenters. The molecule has 1 N–H and O–H groups in total. The fraction of sp³-hybridized carbons (Fsp3) is 0.500. The van der Waals surface area contributed by atoms with Crippen LogP contribution in [0.4, 0.5) is 0 Å². The predicted octanol–water partition coefficient (Wildman–Crippen LogP) is 2.99. The fourth-order valence-electron chi connectivity index (χ4n) is 4.58. The molecular formula is C18H21NO2. The van der Waals surface area contributed by atoms with Crippen LogP contribution in [-0.4, -0.2) is 29.0 Å². The van der Waals surface area contributed by atoms with Crippen LogP contribution in [-0.2, 0) is 11.2 Å². The zero-order chi connectivity index (χ0) is 14.8. The number of fused-ring (bicyclic) bond motifs is 3. The summed E-state index contributed by atoms with van der Waals surface area (Å²) >= 11 is 0. The minimum Gasteiger partial charge on any atom is -0.508 e. The molecule has 3 heteroatoms. The van der Waals surface area contributed by atoms with Gasteiger partial charge in [0.1, 0.15) is 5.75 Å². The fourth-order valence-corrected chi connectivity index (χ4v) is 4.58. The van der Waals surface area contributed by atoms with Gasteiger partial charge in [0.15, 0.2) is 0 Å². The summed E-state index contributed by atoms with van der Waals surface area (Å²) < 4.78 is 0. The minimum absolute atomic E-state index is 0.270. The van der Waals surface area contributed by atoms with Gasteiger partial charge in [-0.05, 0) is 61.8 Å². The van der Waals surface area contributed by atoms with Crippen LogP contribution in [0.2, 0.25) is 0 Å². The number of rotatable bonds is 0. The Morgan fingerprint density at radius 1 is 1.38 bits per heavy atom. The Morgan fingerprint density at radius 2 is 2.19 bits per heavy atom. The van der Waals surface area contributed by atoms with E-state index in [0.29, 0.717) is 11.7 Å². The molecular weight excluding hydrogens is 262 g/mol. The average molecular weight is 283 g/mol. The normalized spacial score (nSPS) is 34.1. The van der Waals surface area contributed by atoms with Crippen molar-refractivity contribution in [3.63, 3.8) is 0 Å². The molecule has 1 amide bonds. The van der Waals surface area contributed by atoms with Gasteiger partial charge in [-0.2, -0.15) is 0 Å². The first-order valence-electron chi connectivity index (χ1n) is 7.80. The molecule has 0 saturated carbocycles. The van der Waals surface area contributed by atoms with E-state index in [-0.39, 0.29) is 17.4 Å². The van der Waals surface area contributed by atoms with Crippen molar-refractivity contribution in [3.05, 3.63) is 41.0 Å². The van der Waals surface area contributed by atoms with E-state index in [1.165, 1.54) is 11.1 Å². The summed E-state index contributed by atoms with van der Waals surface area (Å²) in [6.45, 7) is 2.13. The molecule has 1 aromatic carbocycles. The second-order valence-electron chi connectivity index (χ2n) is 6.98. The van der Waals surface area contributed by atoms with Gasteiger partial charge in [-0.15, -0.1) is 0 Å². The van der Waals surface area contributed by atoms with Crippen LogP contribution in [0.5, 0.6) is 5.75 Å². The molecule has 3 aliphatic rings. The number of likely N-dealkylation sites (tertiary alicyclic amines) is 1. The number of hydrogen-bond acceptors (Lipinski definition) is 2. The number of piperidine rings is 1. The van der Waals surface area contributed by atoms with Crippen LogP contribution in [0.15, 0.2) is 29.8 Å². The van der Waals surface area contributed by atoms with Crippen molar-refractivity contribution in [2.45, 2.75) is 44.6 Å². The van der Waals surface area contributed by atoms with Crippen LogP contribution in [0.25, 0.3) is 0 Å². The maximum absolute atomic E-state index is 13.0. The lowest BCUT2D eigenvalue weighted by Gasteiger charge is -2.51. The van der Waals surface area contributed by atoms with Crippen LogP contribution < -0.4 is 0 Å². The number of carbonyl (C=O) groups is 1.